The molecule has 0 bridgehead atoms. The van der Waals surface area contributed by atoms with Crippen molar-refractivity contribution < 1.29 is 46.2 Å². The summed E-state index contributed by atoms with van der Waals surface area (Å²) in [5, 5.41) is 16.0. The quantitative estimate of drug-likeness (QED) is 0.0609. The molecule has 0 radical (unpaired) electrons. The fraction of sp³-hybridized carbons (Fsp3) is 0.436. The number of aromatic nitrogens is 3. The lowest BCUT2D eigenvalue weighted by atomic mass is 9.59. The topological polar surface area (TPSA) is 216 Å². The molecule has 0 unspecified atom stereocenters. The first-order valence-electron chi connectivity index (χ1n) is 25.9. The number of anilines is 2. The van der Waals surface area contributed by atoms with Gasteiger partial charge in [0.15, 0.2) is 17.2 Å². The summed E-state index contributed by atoms with van der Waals surface area (Å²) in [5.41, 5.74) is 2.79. The molecule has 1 saturated carbocycles. The van der Waals surface area contributed by atoms with Crippen molar-refractivity contribution in [2.24, 2.45) is 5.41 Å². The molecule has 400 valence electrons. The summed E-state index contributed by atoms with van der Waals surface area (Å²) in [6.07, 6.45) is 9.47. The van der Waals surface area contributed by atoms with Gasteiger partial charge in [-0.05, 0) is 78.0 Å². The van der Waals surface area contributed by atoms with Gasteiger partial charge < -0.3 is 38.9 Å². The predicted molar refractivity (Wildman–Crippen MR) is 282 cm³/mol. The summed E-state index contributed by atoms with van der Waals surface area (Å²) in [4.78, 5) is 44.8. The first kappa shape index (κ1) is 51.1. The fourth-order valence-electron chi connectivity index (χ4n) is 11.8. The van der Waals surface area contributed by atoms with Crippen LogP contribution in [0.5, 0.6) is 28.9 Å². The zero-order valence-corrected chi connectivity index (χ0v) is 43.6. The number of rotatable bonds is 16. The van der Waals surface area contributed by atoms with Gasteiger partial charge in [0.05, 0.1) is 23.8 Å². The Hall–Kier alpha value is -7.07. The molecule has 3 N–H and O–H groups in total. The Morgan fingerprint density at radius 1 is 0.961 bits per heavy atom. The number of hydrogen-bond donors (Lipinski definition) is 3. The van der Waals surface area contributed by atoms with E-state index in [0.29, 0.717) is 29.2 Å². The smallest absolute Gasteiger partial charge is 0.297 e. The molecule has 1 amide bonds. The number of pyridine rings is 2. The van der Waals surface area contributed by atoms with Gasteiger partial charge in [-0.3, -0.25) is 24.7 Å². The van der Waals surface area contributed by atoms with Gasteiger partial charge in [0.25, 0.3) is 21.6 Å². The third kappa shape index (κ3) is 10.3. The Kier molecular flexibility index (Phi) is 14.0. The average molecular weight is 1060 g/mol. The van der Waals surface area contributed by atoms with Gasteiger partial charge in [-0.25, -0.2) is 27.5 Å². The highest BCUT2D eigenvalue weighted by Crippen LogP contribution is 2.54. The van der Waals surface area contributed by atoms with Gasteiger partial charge in [-0.15, -0.1) is 0 Å². The molecule has 5 aliphatic rings. The Bertz CT molecular complexity index is 3250. The van der Waals surface area contributed by atoms with Gasteiger partial charge in [-0.2, -0.15) is 0 Å². The second-order valence-corrected chi connectivity index (χ2v) is 22.7. The Morgan fingerprint density at radius 3 is 2.50 bits per heavy atom. The van der Waals surface area contributed by atoms with Gasteiger partial charge in [0.2, 0.25) is 12.7 Å². The van der Waals surface area contributed by atoms with E-state index in [2.05, 4.69) is 83.9 Å². The molecule has 19 nitrogen and oxygen atoms in total. The zero-order valence-electron chi connectivity index (χ0n) is 42.8. The van der Waals surface area contributed by atoms with Crippen LogP contribution in [0.3, 0.4) is 0 Å². The molecule has 76 heavy (non-hydrogen) atoms. The molecule has 4 fully saturated rings. The third-order valence-electron chi connectivity index (χ3n) is 16.0. The van der Waals surface area contributed by atoms with Crippen LogP contribution in [-0.2, 0) is 21.3 Å². The number of ether oxygens (including phenoxy) is 5. The average Bonchev–Trinajstić information content (AvgIpc) is 4.11. The summed E-state index contributed by atoms with van der Waals surface area (Å²) < 4.78 is 74.2. The molecule has 11 rings (SSSR count). The van der Waals surface area contributed by atoms with Crippen molar-refractivity contribution in [1.29, 1.82) is 0 Å². The summed E-state index contributed by atoms with van der Waals surface area (Å²) in [7, 11) is -3.25. The maximum absolute atomic E-state index is 15.6. The number of nitro benzene ring substituents is 1. The Labute approximate surface area is 440 Å². The number of halogens is 1. The first-order chi connectivity index (χ1) is 36.7. The van der Waals surface area contributed by atoms with E-state index in [0.717, 1.165) is 87.7 Å². The molecule has 1 aliphatic carbocycles. The fourth-order valence-corrected chi connectivity index (χ4v) is 12.9. The number of piperidine rings is 1. The number of fused-ring (bicyclic) bond motifs is 2. The lowest BCUT2D eigenvalue weighted by molar-refractivity contribution is -0.384. The normalized spacial score (nSPS) is 19.6. The summed E-state index contributed by atoms with van der Waals surface area (Å²) in [5.74, 6) is -0.312. The van der Waals surface area contributed by atoms with Crippen LogP contribution in [-0.4, -0.2) is 122 Å². The monoisotopic (exact) mass is 1060 g/mol. The lowest BCUT2D eigenvalue weighted by Crippen LogP contribution is -2.60. The SMILES string of the molecule is COc1ccc(CN2CCN(C3CC4(CCN(c5ccc(C(=O)NS(=O)(=O)c6cc([N+](=O)[O-])c(NCC7(F)CCOCC7)c7c6OCO7)c(Oc6cnc7[nH]ccc7c6)c5)CC4)C3)[C@H](c3ccccc3C(C)C)C2)cn1. The highest BCUT2D eigenvalue weighted by molar-refractivity contribution is 7.90. The largest absolute Gasteiger partial charge is 0.481 e. The Balaban J connectivity index is 0.807. The second kappa shape index (κ2) is 20.8. The first-order valence-corrected chi connectivity index (χ1v) is 27.4. The molecule has 1 spiro atoms. The van der Waals surface area contributed by atoms with E-state index in [1.54, 1.807) is 31.5 Å². The van der Waals surface area contributed by atoms with Gasteiger partial charge in [0, 0.05) is 126 Å². The summed E-state index contributed by atoms with van der Waals surface area (Å²) >= 11 is 0. The van der Waals surface area contributed by atoms with Crippen LogP contribution in [0.2, 0.25) is 0 Å². The van der Waals surface area contributed by atoms with E-state index in [1.807, 2.05) is 18.3 Å². The van der Waals surface area contributed by atoms with Crippen molar-refractivity contribution >= 4 is 44.0 Å². The molecule has 1 atom stereocenters. The number of sulfonamides is 1. The van der Waals surface area contributed by atoms with E-state index >= 15 is 4.39 Å². The van der Waals surface area contributed by atoms with Crippen molar-refractivity contribution in [1.82, 2.24) is 29.5 Å². The number of nitrogens with one attached hydrogen (secondary N) is 3. The summed E-state index contributed by atoms with van der Waals surface area (Å²) in [6, 6.07) is 23.0. The van der Waals surface area contributed by atoms with Crippen LogP contribution in [0, 0.1) is 15.5 Å². The predicted octanol–water partition coefficient (Wildman–Crippen LogP) is 8.88. The van der Waals surface area contributed by atoms with Crippen molar-refractivity contribution in [3.63, 3.8) is 0 Å². The van der Waals surface area contributed by atoms with Gasteiger partial charge in [-0.1, -0.05) is 44.2 Å². The number of carbonyl (C=O) groups excluding carboxylic acids is 1. The van der Waals surface area contributed by atoms with Crippen molar-refractivity contribution in [3.8, 4) is 28.9 Å². The molecule has 6 aromatic rings. The number of alkyl halides is 1. The molecular formula is C55H62FN9O10S. The van der Waals surface area contributed by atoms with Crippen LogP contribution in [0.25, 0.3) is 11.0 Å². The minimum Gasteiger partial charge on any atom is -0.481 e. The number of methoxy groups -OCH3 is 1. The summed E-state index contributed by atoms with van der Waals surface area (Å²) in [6.45, 7) is 9.33. The number of carbonyl (C=O) groups is 1. The van der Waals surface area contributed by atoms with Crippen LogP contribution < -0.4 is 33.9 Å². The molecule has 7 heterocycles. The third-order valence-corrected chi connectivity index (χ3v) is 17.3. The van der Waals surface area contributed by atoms with Gasteiger partial charge in [0.1, 0.15) is 27.7 Å². The molecule has 3 saturated heterocycles. The van der Waals surface area contributed by atoms with Crippen LogP contribution in [0.4, 0.5) is 21.5 Å². The number of amides is 1. The van der Waals surface area contributed by atoms with Crippen molar-refractivity contribution in [2.45, 2.75) is 87.5 Å². The Morgan fingerprint density at radius 2 is 1.75 bits per heavy atom. The number of hydrogen-bond acceptors (Lipinski definition) is 16. The zero-order chi connectivity index (χ0) is 52.8. The number of H-pyrrole nitrogens is 1. The standard InChI is InChI=1S/C55H62FN9O10S/c1-35(2)41-6-4-5-7-42(41)45-32-62(31-36-8-11-48(71-3)58-29-36)20-21-64(45)39-27-54(28-39)13-18-63(19-14-54)38-9-10-43(46(25-38)75-40-24-37-12-17-57-52(37)59-30-40)53(66)61-76(69,70)47-26-44(65(67)68)49(51-50(47)73-34-74-51)60-33-55(56)15-22-72-23-16-55/h4-12,17,24-26,29-30,35,39,45,60H,13-16,18-23,27-28,31-34H2,1-3H3,(H,57,59)(H,61,66)/t45-/m0/s1. The van der Waals surface area contributed by atoms with Gasteiger partial charge >= 0.3 is 0 Å². The lowest BCUT2D eigenvalue weighted by Gasteiger charge is -2.58. The molecule has 3 aromatic heterocycles. The van der Waals surface area contributed by atoms with E-state index in [1.165, 1.54) is 23.4 Å². The number of benzene rings is 3. The van der Waals surface area contributed by atoms with Crippen LogP contribution in [0.15, 0.2) is 96.3 Å². The van der Waals surface area contributed by atoms with E-state index in [-0.39, 0.29) is 72.6 Å². The van der Waals surface area contributed by atoms with E-state index < -0.39 is 43.9 Å². The molecule has 4 aliphatic heterocycles. The van der Waals surface area contributed by atoms with Crippen LogP contribution in [0.1, 0.15) is 91.4 Å². The van der Waals surface area contributed by atoms with E-state index in [4.69, 9.17) is 23.7 Å². The minimum absolute atomic E-state index is 0.0654. The number of aromatic amines is 1. The molecular weight excluding hydrogens is 998 g/mol. The number of nitrogens with zero attached hydrogens (tertiary/aromatic N) is 6. The highest BCUT2D eigenvalue weighted by atomic mass is 32.2. The molecule has 3 aromatic carbocycles. The van der Waals surface area contributed by atoms with Crippen LogP contribution >= 0.6 is 0 Å². The van der Waals surface area contributed by atoms with E-state index in [9.17, 15) is 23.3 Å². The maximum Gasteiger partial charge on any atom is 0.297 e. The molecule has 21 heteroatoms. The highest BCUT2D eigenvalue weighted by Gasteiger charge is 2.50. The second-order valence-electron chi connectivity index (χ2n) is 21.0. The number of piperazine rings is 1. The van der Waals surface area contributed by atoms with Crippen molar-refractivity contribution in [3.05, 3.63) is 124 Å². The number of nitro groups is 1. The minimum atomic E-state index is -4.88. The maximum atomic E-state index is 15.6. The van der Waals surface area contributed by atoms with Crippen molar-refractivity contribution in [2.75, 3.05) is 76.6 Å².